The van der Waals surface area contributed by atoms with Crippen LogP contribution in [0, 0.1) is 17.8 Å². The minimum Gasteiger partial charge on any atom is -0.352 e. The molecule has 0 bridgehead atoms. The first-order valence-electron chi connectivity index (χ1n) is 9.59. The van der Waals surface area contributed by atoms with E-state index in [2.05, 4.69) is 17.2 Å². The SMILES string of the molecule is CC1CCN(C(=O)C2CCC(C(=O)NCc3cccnc3)CC2)CC1. The molecule has 0 spiro atoms. The third-order valence-corrected chi connectivity index (χ3v) is 5.73. The van der Waals surface area contributed by atoms with Gasteiger partial charge in [0.2, 0.25) is 11.8 Å². The van der Waals surface area contributed by atoms with Gasteiger partial charge in [-0.25, -0.2) is 0 Å². The lowest BCUT2D eigenvalue weighted by Crippen LogP contribution is -2.43. The maximum Gasteiger partial charge on any atom is 0.225 e. The first-order chi connectivity index (χ1) is 12.1. The molecular formula is C20H29N3O2. The summed E-state index contributed by atoms with van der Waals surface area (Å²) in [5.74, 6) is 1.34. The molecule has 2 aliphatic rings. The van der Waals surface area contributed by atoms with Crippen LogP contribution in [0.15, 0.2) is 24.5 Å². The van der Waals surface area contributed by atoms with E-state index in [4.69, 9.17) is 0 Å². The van der Waals surface area contributed by atoms with Crippen LogP contribution >= 0.6 is 0 Å². The van der Waals surface area contributed by atoms with Gasteiger partial charge in [0.1, 0.15) is 0 Å². The number of carbonyl (C=O) groups excluding carboxylic acids is 2. The number of aromatic nitrogens is 1. The van der Waals surface area contributed by atoms with E-state index in [-0.39, 0.29) is 17.7 Å². The Balaban J connectivity index is 1.42. The quantitative estimate of drug-likeness (QED) is 0.914. The van der Waals surface area contributed by atoms with Gasteiger partial charge in [-0.05, 0) is 56.1 Å². The van der Waals surface area contributed by atoms with Crippen LogP contribution < -0.4 is 5.32 Å². The average molecular weight is 343 g/mol. The van der Waals surface area contributed by atoms with Gasteiger partial charge in [0.15, 0.2) is 0 Å². The molecule has 1 aromatic heterocycles. The van der Waals surface area contributed by atoms with Gasteiger partial charge in [0, 0.05) is 43.9 Å². The summed E-state index contributed by atoms with van der Waals surface area (Å²) in [5, 5.41) is 3.01. The molecule has 1 aromatic rings. The number of amides is 2. The van der Waals surface area contributed by atoms with Gasteiger partial charge in [0.25, 0.3) is 0 Å². The topological polar surface area (TPSA) is 62.3 Å². The fourth-order valence-corrected chi connectivity index (χ4v) is 3.93. The molecule has 2 heterocycles. The van der Waals surface area contributed by atoms with Crippen molar-refractivity contribution in [1.82, 2.24) is 15.2 Å². The molecule has 5 heteroatoms. The van der Waals surface area contributed by atoms with Crippen LogP contribution in [-0.2, 0) is 16.1 Å². The van der Waals surface area contributed by atoms with Gasteiger partial charge in [-0.1, -0.05) is 13.0 Å². The first-order valence-corrected chi connectivity index (χ1v) is 9.59. The lowest BCUT2D eigenvalue weighted by molar-refractivity contribution is -0.139. The number of likely N-dealkylation sites (tertiary alicyclic amines) is 1. The Morgan fingerprint density at radius 3 is 2.44 bits per heavy atom. The number of rotatable bonds is 4. The van der Waals surface area contributed by atoms with Gasteiger partial charge in [-0.15, -0.1) is 0 Å². The highest BCUT2D eigenvalue weighted by molar-refractivity contribution is 5.81. The van der Waals surface area contributed by atoms with Crippen LogP contribution in [0.2, 0.25) is 0 Å². The predicted octanol–water partition coefficient (Wildman–Crippen LogP) is 2.76. The maximum atomic E-state index is 12.7. The van der Waals surface area contributed by atoms with Crippen LogP contribution in [0.4, 0.5) is 0 Å². The van der Waals surface area contributed by atoms with Gasteiger partial charge in [-0.2, -0.15) is 0 Å². The molecule has 5 nitrogen and oxygen atoms in total. The molecule has 1 saturated heterocycles. The van der Waals surface area contributed by atoms with E-state index in [0.29, 0.717) is 12.5 Å². The molecule has 25 heavy (non-hydrogen) atoms. The van der Waals surface area contributed by atoms with E-state index in [1.165, 1.54) is 0 Å². The minimum atomic E-state index is 0.0436. The summed E-state index contributed by atoms with van der Waals surface area (Å²) in [6.45, 7) is 4.60. The van der Waals surface area contributed by atoms with E-state index in [1.807, 2.05) is 17.0 Å². The van der Waals surface area contributed by atoms with Crippen molar-refractivity contribution in [3.05, 3.63) is 30.1 Å². The third kappa shape index (κ3) is 4.80. The van der Waals surface area contributed by atoms with Crippen LogP contribution in [0.1, 0.15) is 51.0 Å². The average Bonchev–Trinajstić information content (AvgIpc) is 2.67. The van der Waals surface area contributed by atoms with Crippen molar-refractivity contribution in [1.29, 1.82) is 0 Å². The second-order valence-corrected chi connectivity index (χ2v) is 7.64. The molecule has 0 radical (unpaired) electrons. The summed E-state index contributed by atoms with van der Waals surface area (Å²) in [4.78, 5) is 31.1. The van der Waals surface area contributed by atoms with Crippen molar-refractivity contribution in [2.24, 2.45) is 17.8 Å². The third-order valence-electron chi connectivity index (χ3n) is 5.73. The fourth-order valence-electron chi connectivity index (χ4n) is 3.93. The number of piperidine rings is 1. The summed E-state index contributed by atoms with van der Waals surface area (Å²) in [5.41, 5.74) is 1.01. The Bertz CT molecular complexity index is 574. The minimum absolute atomic E-state index is 0.0436. The summed E-state index contributed by atoms with van der Waals surface area (Å²) in [6.07, 6.45) is 9.07. The van der Waals surface area contributed by atoms with Gasteiger partial charge in [-0.3, -0.25) is 14.6 Å². The molecule has 0 atom stereocenters. The molecular weight excluding hydrogens is 314 g/mol. The molecule has 0 unspecified atom stereocenters. The molecule has 1 aliphatic heterocycles. The standard InChI is InChI=1S/C20H29N3O2/c1-15-8-11-23(12-9-15)20(25)18-6-4-17(5-7-18)19(24)22-14-16-3-2-10-21-13-16/h2-3,10,13,15,17-18H,4-9,11-12,14H2,1H3,(H,22,24). The maximum absolute atomic E-state index is 12.7. The fraction of sp³-hybridized carbons (Fsp3) is 0.650. The van der Waals surface area contributed by atoms with Gasteiger partial charge in [0.05, 0.1) is 0 Å². The molecule has 0 aromatic carbocycles. The summed E-state index contributed by atoms with van der Waals surface area (Å²) < 4.78 is 0. The van der Waals surface area contributed by atoms with Crippen molar-refractivity contribution in [2.45, 2.75) is 52.0 Å². The smallest absolute Gasteiger partial charge is 0.225 e. The monoisotopic (exact) mass is 343 g/mol. The molecule has 1 N–H and O–H groups in total. The van der Waals surface area contributed by atoms with Crippen LogP contribution in [-0.4, -0.2) is 34.8 Å². The molecule has 2 fully saturated rings. The second kappa shape index (κ2) is 8.45. The van der Waals surface area contributed by atoms with Crippen molar-refractivity contribution in [2.75, 3.05) is 13.1 Å². The van der Waals surface area contributed by atoms with Crippen molar-refractivity contribution in [3.63, 3.8) is 0 Å². The zero-order valence-electron chi connectivity index (χ0n) is 15.1. The molecule has 1 saturated carbocycles. The highest BCUT2D eigenvalue weighted by Gasteiger charge is 2.33. The number of pyridine rings is 1. The highest BCUT2D eigenvalue weighted by atomic mass is 16.2. The largest absolute Gasteiger partial charge is 0.352 e. The number of carbonyl (C=O) groups is 2. The summed E-state index contributed by atoms with van der Waals surface area (Å²) in [6, 6.07) is 3.84. The Morgan fingerprint density at radius 1 is 1.12 bits per heavy atom. The number of hydrogen-bond donors (Lipinski definition) is 1. The molecule has 3 rings (SSSR count). The number of hydrogen-bond acceptors (Lipinski definition) is 3. The van der Waals surface area contributed by atoms with Crippen molar-refractivity contribution >= 4 is 11.8 Å². The van der Waals surface area contributed by atoms with E-state index in [1.54, 1.807) is 12.4 Å². The predicted molar refractivity (Wildman–Crippen MR) is 96.5 cm³/mol. The molecule has 136 valence electrons. The zero-order valence-corrected chi connectivity index (χ0v) is 15.1. The van der Waals surface area contributed by atoms with Crippen molar-refractivity contribution in [3.8, 4) is 0 Å². The zero-order chi connectivity index (χ0) is 17.6. The Labute approximate surface area is 150 Å². The Kier molecular flexibility index (Phi) is 6.05. The van der Waals surface area contributed by atoms with Crippen LogP contribution in [0.5, 0.6) is 0 Å². The van der Waals surface area contributed by atoms with Gasteiger partial charge < -0.3 is 10.2 Å². The Hall–Kier alpha value is -1.91. The van der Waals surface area contributed by atoms with E-state index < -0.39 is 0 Å². The first kappa shape index (κ1) is 17.9. The van der Waals surface area contributed by atoms with E-state index in [9.17, 15) is 9.59 Å². The van der Waals surface area contributed by atoms with E-state index >= 15 is 0 Å². The lowest BCUT2D eigenvalue weighted by atomic mass is 9.80. The summed E-state index contributed by atoms with van der Waals surface area (Å²) in [7, 11) is 0. The lowest BCUT2D eigenvalue weighted by Gasteiger charge is -2.35. The molecule has 1 aliphatic carbocycles. The number of nitrogens with zero attached hydrogens (tertiary/aromatic N) is 2. The van der Waals surface area contributed by atoms with Gasteiger partial charge >= 0.3 is 0 Å². The molecule has 2 amide bonds. The number of nitrogens with one attached hydrogen (secondary N) is 1. The van der Waals surface area contributed by atoms with Crippen LogP contribution in [0.25, 0.3) is 0 Å². The normalized spacial score (nSPS) is 24.8. The Morgan fingerprint density at radius 2 is 1.80 bits per heavy atom. The highest BCUT2D eigenvalue weighted by Crippen LogP contribution is 2.31. The van der Waals surface area contributed by atoms with E-state index in [0.717, 1.165) is 63.1 Å². The second-order valence-electron chi connectivity index (χ2n) is 7.64. The summed E-state index contributed by atoms with van der Waals surface area (Å²) >= 11 is 0. The van der Waals surface area contributed by atoms with Crippen molar-refractivity contribution < 1.29 is 9.59 Å². The van der Waals surface area contributed by atoms with Crippen LogP contribution in [0.3, 0.4) is 0 Å².